The molecular formula is C30H33N3O7S. The van der Waals surface area contributed by atoms with Crippen LogP contribution >= 0.6 is 11.3 Å². The van der Waals surface area contributed by atoms with Gasteiger partial charge in [-0.1, -0.05) is 23.5 Å². The van der Waals surface area contributed by atoms with E-state index in [9.17, 15) is 9.59 Å². The van der Waals surface area contributed by atoms with E-state index in [0.29, 0.717) is 51.1 Å². The molecule has 0 aliphatic carbocycles. The number of allylic oxidation sites excluding steroid dienone is 1. The lowest BCUT2D eigenvalue weighted by Gasteiger charge is -2.28. The van der Waals surface area contributed by atoms with Crippen LogP contribution in [0, 0.1) is 0 Å². The fourth-order valence-corrected chi connectivity index (χ4v) is 6.17. The van der Waals surface area contributed by atoms with Gasteiger partial charge in [0, 0.05) is 18.8 Å². The molecule has 1 saturated heterocycles. The molecular weight excluding hydrogens is 546 g/mol. The fourth-order valence-electron chi connectivity index (χ4n) is 5.12. The number of carbonyl (C=O) groups excluding carboxylic acids is 1. The van der Waals surface area contributed by atoms with E-state index in [2.05, 4.69) is 22.0 Å². The molecule has 3 heterocycles. The average molecular weight is 580 g/mol. The first-order valence-corrected chi connectivity index (χ1v) is 14.1. The first-order chi connectivity index (χ1) is 19.9. The highest BCUT2D eigenvalue weighted by molar-refractivity contribution is 7.07. The molecule has 1 fully saturated rings. The molecule has 2 aliphatic heterocycles. The SMILES string of the molecule is CCOC(=O)C1=C(C)N=c2s/c(=C/c3ccc(N4CCOCC4)cc3)c(=O)n2[C@@H]1c1cc(OC)c(OC)c(OC)c1. The number of methoxy groups -OCH3 is 3. The summed E-state index contributed by atoms with van der Waals surface area (Å²) in [6.45, 7) is 6.79. The second-order valence-corrected chi connectivity index (χ2v) is 10.5. The van der Waals surface area contributed by atoms with Crippen molar-refractivity contribution in [1.29, 1.82) is 0 Å². The van der Waals surface area contributed by atoms with E-state index < -0.39 is 12.0 Å². The van der Waals surface area contributed by atoms with Crippen molar-refractivity contribution in [3.05, 3.63) is 78.5 Å². The van der Waals surface area contributed by atoms with Crippen molar-refractivity contribution in [1.82, 2.24) is 4.57 Å². The maximum absolute atomic E-state index is 14.0. The van der Waals surface area contributed by atoms with Gasteiger partial charge in [0.25, 0.3) is 5.56 Å². The second-order valence-electron chi connectivity index (χ2n) is 9.45. The second kappa shape index (κ2) is 12.2. The number of benzene rings is 2. The number of hydrogen-bond acceptors (Lipinski definition) is 10. The number of morpholine rings is 1. The number of esters is 1. The summed E-state index contributed by atoms with van der Waals surface area (Å²) in [6.07, 6.45) is 1.85. The van der Waals surface area contributed by atoms with Crippen LogP contribution in [0.3, 0.4) is 0 Å². The molecule has 41 heavy (non-hydrogen) atoms. The number of hydrogen-bond donors (Lipinski definition) is 0. The summed E-state index contributed by atoms with van der Waals surface area (Å²) >= 11 is 1.27. The lowest BCUT2D eigenvalue weighted by atomic mass is 9.95. The molecule has 0 N–H and O–H groups in total. The molecule has 0 saturated carbocycles. The van der Waals surface area contributed by atoms with Crippen LogP contribution in [0.5, 0.6) is 17.2 Å². The smallest absolute Gasteiger partial charge is 0.338 e. The monoisotopic (exact) mass is 579 g/mol. The van der Waals surface area contributed by atoms with Crippen LogP contribution in [0.4, 0.5) is 5.69 Å². The average Bonchev–Trinajstić information content (AvgIpc) is 3.30. The highest BCUT2D eigenvalue weighted by atomic mass is 32.1. The van der Waals surface area contributed by atoms with E-state index in [1.54, 1.807) is 30.5 Å². The molecule has 1 atom stereocenters. The highest BCUT2D eigenvalue weighted by Gasteiger charge is 2.34. The Bertz CT molecular complexity index is 1630. The Morgan fingerprint density at radius 2 is 1.73 bits per heavy atom. The predicted octanol–water partition coefficient (Wildman–Crippen LogP) is 2.66. The maximum atomic E-state index is 14.0. The third-order valence-electron chi connectivity index (χ3n) is 7.09. The molecule has 5 rings (SSSR count). The molecule has 0 spiro atoms. The first kappa shape index (κ1) is 28.4. The fraction of sp³-hybridized carbons (Fsp3) is 0.367. The van der Waals surface area contributed by atoms with Gasteiger partial charge in [0.2, 0.25) is 5.75 Å². The highest BCUT2D eigenvalue weighted by Crippen LogP contribution is 2.42. The molecule has 10 nitrogen and oxygen atoms in total. The van der Waals surface area contributed by atoms with E-state index in [4.69, 9.17) is 23.7 Å². The minimum atomic E-state index is -0.815. The zero-order valence-electron chi connectivity index (χ0n) is 23.8. The number of fused-ring (bicyclic) bond motifs is 1. The van der Waals surface area contributed by atoms with Crippen molar-refractivity contribution in [3.8, 4) is 17.2 Å². The van der Waals surface area contributed by atoms with Crippen LogP contribution in [0.25, 0.3) is 6.08 Å². The number of carbonyl (C=O) groups is 1. The van der Waals surface area contributed by atoms with E-state index in [-0.39, 0.29) is 17.7 Å². The Kier molecular flexibility index (Phi) is 8.46. The summed E-state index contributed by atoms with van der Waals surface area (Å²) in [5.74, 6) is 0.676. The molecule has 216 valence electrons. The molecule has 0 bridgehead atoms. The normalized spacial score (nSPS) is 17.1. The molecule has 2 aliphatic rings. The van der Waals surface area contributed by atoms with Crippen molar-refractivity contribution >= 4 is 29.1 Å². The minimum Gasteiger partial charge on any atom is -0.493 e. The van der Waals surface area contributed by atoms with Gasteiger partial charge in [-0.2, -0.15) is 0 Å². The van der Waals surface area contributed by atoms with Gasteiger partial charge >= 0.3 is 5.97 Å². The van der Waals surface area contributed by atoms with Crippen LogP contribution in [-0.4, -0.2) is 64.8 Å². The lowest BCUT2D eigenvalue weighted by molar-refractivity contribution is -0.139. The van der Waals surface area contributed by atoms with Gasteiger partial charge in [0.1, 0.15) is 0 Å². The largest absolute Gasteiger partial charge is 0.493 e. The molecule has 2 aromatic carbocycles. The molecule has 0 unspecified atom stereocenters. The topological polar surface area (TPSA) is 101 Å². The lowest BCUT2D eigenvalue weighted by Crippen LogP contribution is -2.40. The Morgan fingerprint density at radius 3 is 2.32 bits per heavy atom. The standard InChI is InChI=1S/C30H33N3O7S/c1-6-40-29(35)25-18(2)31-30-33(26(25)20-16-22(36-3)27(38-5)23(17-20)37-4)28(34)24(41-30)15-19-7-9-21(10-8-19)32-11-13-39-14-12-32/h7-10,15-17,26H,6,11-14H2,1-5H3/b24-15+/t26-/m1/s1. The summed E-state index contributed by atoms with van der Waals surface area (Å²) in [5.41, 5.74) is 3.08. The molecule has 0 amide bonds. The zero-order chi connectivity index (χ0) is 29.1. The van der Waals surface area contributed by atoms with E-state index in [0.717, 1.165) is 24.3 Å². The minimum absolute atomic E-state index is 0.183. The van der Waals surface area contributed by atoms with Crippen molar-refractivity contribution in [2.75, 3.05) is 59.1 Å². The third-order valence-corrected chi connectivity index (χ3v) is 8.07. The van der Waals surface area contributed by atoms with Gasteiger partial charge in [0.05, 0.1) is 63.0 Å². The number of aromatic nitrogens is 1. The zero-order valence-corrected chi connectivity index (χ0v) is 24.6. The van der Waals surface area contributed by atoms with Crippen molar-refractivity contribution in [2.24, 2.45) is 4.99 Å². The Hall–Kier alpha value is -4.09. The van der Waals surface area contributed by atoms with Crippen LogP contribution in [0.15, 0.2) is 57.5 Å². The van der Waals surface area contributed by atoms with Gasteiger partial charge in [-0.05, 0) is 55.3 Å². The van der Waals surface area contributed by atoms with Gasteiger partial charge in [-0.25, -0.2) is 9.79 Å². The summed E-state index contributed by atoms with van der Waals surface area (Å²) in [6, 6.07) is 10.8. The van der Waals surface area contributed by atoms with Crippen LogP contribution in [0.1, 0.15) is 31.0 Å². The number of anilines is 1. The molecule has 1 aromatic heterocycles. The van der Waals surface area contributed by atoms with Gasteiger partial charge in [0.15, 0.2) is 16.3 Å². The number of nitrogens with zero attached hydrogens (tertiary/aromatic N) is 3. The maximum Gasteiger partial charge on any atom is 0.338 e. The van der Waals surface area contributed by atoms with E-state index in [1.807, 2.05) is 18.2 Å². The Labute approximate surface area is 241 Å². The van der Waals surface area contributed by atoms with Crippen LogP contribution < -0.4 is 34.0 Å². The molecule has 0 radical (unpaired) electrons. The van der Waals surface area contributed by atoms with Gasteiger partial charge in [-0.3, -0.25) is 9.36 Å². The van der Waals surface area contributed by atoms with Gasteiger partial charge in [-0.15, -0.1) is 0 Å². The summed E-state index contributed by atoms with van der Waals surface area (Å²) in [7, 11) is 4.55. The number of rotatable bonds is 8. The van der Waals surface area contributed by atoms with Crippen molar-refractivity contribution in [2.45, 2.75) is 19.9 Å². The van der Waals surface area contributed by atoms with Crippen LogP contribution in [0.2, 0.25) is 0 Å². The van der Waals surface area contributed by atoms with Crippen LogP contribution in [-0.2, 0) is 14.3 Å². The third kappa shape index (κ3) is 5.47. The van der Waals surface area contributed by atoms with Gasteiger partial charge < -0.3 is 28.6 Å². The summed E-state index contributed by atoms with van der Waals surface area (Å²) in [4.78, 5) is 34.6. The number of thiazole rings is 1. The first-order valence-electron chi connectivity index (χ1n) is 13.3. The Morgan fingerprint density at radius 1 is 1.07 bits per heavy atom. The summed E-state index contributed by atoms with van der Waals surface area (Å²) < 4.78 is 29.5. The predicted molar refractivity (Wildman–Crippen MR) is 156 cm³/mol. The quantitative estimate of drug-likeness (QED) is 0.376. The van der Waals surface area contributed by atoms with E-state index in [1.165, 1.54) is 32.7 Å². The van der Waals surface area contributed by atoms with Crippen molar-refractivity contribution in [3.63, 3.8) is 0 Å². The van der Waals surface area contributed by atoms with Crippen molar-refractivity contribution < 1.29 is 28.5 Å². The molecule has 3 aromatic rings. The molecule has 11 heteroatoms. The summed E-state index contributed by atoms with van der Waals surface area (Å²) in [5, 5.41) is 0. The van der Waals surface area contributed by atoms with E-state index >= 15 is 0 Å². The number of ether oxygens (including phenoxy) is 5. The Balaban J connectivity index is 1.64.